The normalized spacial score (nSPS) is 45.3. The van der Waals surface area contributed by atoms with Crippen LogP contribution in [-0.4, -0.2) is 47.5 Å². The minimum atomic E-state index is -0.897. The SMILES string of the molecule is O=C1N[C@H]2[C@@H](O1)O[C@H](CO)[C@H]2O. The lowest BCUT2D eigenvalue weighted by molar-refractivity contribution is -0.101. The molecule has 68 valence electrons. The van der Waals surface area contributed by atoms with Gasteiger partial charge in [0.15, 0.2) is 0 Å². The number of hydrogen-bond donors (Lipinski definition) is 3. The molecule has 2 rings (SSSR count). The van der Waals surface area contributed by atoms with Crippen LogP contribution in [-0.2, 0) is 9.47 Å². The van der Waals surface area contributed by atoms with Gasteiger partial charge in [-0.05, 0) is 0 Å². The number of alkyl carbamates (subject to hydrolysis) is 1. The Kier molecular flexibility index (Phi) is 1.67. The zero-order chi connectivity index (χ0) is 8.72. The molecule has 4 atom stereocenters. The molecule has 0 aliphatic carbocycles. The molecule has 0 radical (unpaired) electrons. The number of rotatable bonds is 1. The molecule has 2 aliphatic rings. The maximum atomic E-state index is 10.6. The lowest BCUT2D eigenvalue weighted by atomic mass is 10.1. The van der Waals surface area contributed by atoms with Crippen LogP contribution in [0, 0.1) is 0 Å². The minimum Gasteiger partial charge on any atom is -0.417 e. The van der Waals surface area contributed by atoms with Crippen molar-refractivity contribution in [3.05, 3.63) is 0 Å². The van der Waals surface area contributed by atoms with Gasteiger partial charge in [0.2, 0.25) is 6.29 Å². The van der Waals surface area contributed by atoms with E-state index in [0.717, 1.165) is 0 Å². The summed E-state index contributed by atoms with van der Waals surface area (Å²) < 4.78 is 9.66. The van der Waals surface area contributed by atoms with E-state index >= 15 is 0 Å². The molecule has 0 unspecified atom stereocenters. The number of carbonyl (C=O) groups excluding carboxylic acids is 1. The zero-order valence-corrected chi connectivity index (χ0v) is 6.14. The van der Waals surface area contributed by atoms with Gasteiger partial charge in [0.25, 0.3) is 0 Å². The number of carbonyl (C=O) groups is 1. The van der Waals surface area contributed by atoms with E-state index in [1.807, 2.05) is 0 Å². The molecule has 1 amide bonds. The van der Waals surface area contributed by atoms with Crippen molar-refractivity contribution in [1.29, 1.82) is 0 Å². The summed E-state index contributed by atoms with van der Waals surface area (Å²) in [5.41, 5.74) is 0. The van der Waals surface area contributed by atoms with Crippen molar-refractivity contribution in [1.82, 2.24) is 5.32 Å². The second kappa shape index (κ2) is 2.58. The lowest BCUT2D eigenvalue weighted by Crippen LogP contribution is -2.41. The summed E-state index contributed by atoms with van der Waals surface area (Å²) in [6, 6.07) is -0.547. The first-order valence-corrected chi connectivity index (χ1v) is 3.64. The van der Waals surface area contributed by atoms with E-state index in [0.29, 0.717) is 0 Å². The summed E-state index contributed by atoms with van der Waals surface area (Å²) in [4.78, 5) is 10.6. The molecule has 2 saturated heterocycles. The number of hydrogen-bond acceptors (Lipinski definition) is 5. The van der Waals surface area contributed by atoms with Crippen LogP contribution < -0.4 is 5.32 Å². The van der Waals surface area contributed by atoms with Crippen molar-refractivity contribution in [3.63, 3.8) is 0 Å². The van der Waals surface area contributed by atoms with Crippen LogP contribution in [0.1, 0.15) is 0 Å². The van der Waals surface area contributed by atoms with Gasteiger partial charge in [-0.2, -0.15) is 0 Å². The van der Waals surface area contributed by atoms with Crippen LogP contribution in [0.5, 0.6) is 0 Å². The monoisotopic (exact) mass is 175 g/mol. The fraction of sp³-hybridized carbons (Fsp3) is 0.833. The third kappa shape index (κ3) is 0.961. The second-order valence-electron chi connectivity index (χ2n) is 2.79. The van der Waals surface area contributed by atoms with Gasteiger partial charge in [-0.15, -0.1) is 0 Å². The molecule has 2 fully saturated rings. The van der Waals surface area contributed by atoms with Crippen LogP contribution in [0.15, 0.2) is 0 Å². The van der Waals surface area contributed by atoms with Gasteiger partial charge in [-0.1, -0.05) is 0 Å². The molecular formula is C6H9NO5. The Morgan fingerprint density at radius 2 is 2.33 bits per heavy atom. The van der Waals surface area contributed by atoms with Crippen molar-refractivity contribution in [2.75, 3.05) is 6.61 Å². The Bertz CT molecular complexity index is 208. The van der Waals surface area contributed by atoms with Gasteiger partial charge in [0.05, 0.1) is 6.61 Å². The molecule has 6 nitrogen and oxygen atoms in total. The largest absolute Gasteiger partial charge is 0.417 e. The number of aliphatic hydroxyl groups is 2. The van der Waals surface area contributed by atoms with E-state index in [1.165, 1.54) is 0 Å². The number of amides is 1. The molecule has 0 aromatic heterocycles. The molecule has 2 heterocycles. The van der Waals surface area contributed by atoms with Gasteiger partial charge < -0.3 is 25.0 Å². The quantitative estimate of drug-likeness (QED) is 0.436. The number of aliphatic hydroxyl groups excluding tert-OH is 2. The average molecular weight is 175 g/mol. The maximum Gasteiger partial charge on any atom is 0.410 e. The topological polar surface area (TPSA) is 88.0 Å². The molecule has 3 N–H and O–H groups in total. The molecular weight excluding hydrogens is 166 g/mol. The van der Waals surface area contributed by atoms with Crippen LogP contribution >= 0.6 is 0 Å². The van der Waals surface area contributed by atoms with Gasteiger partial charge in [-0.25, -0.2) is 4.79 Å². The van der Waals surface area contributed by atoms with Crippen molar-refractivity contribution in [2.45, 2.75) is 24.5 Å². The summed E-state index contributed by atoms with van der Waals surface area (Å²) in [7, 11) is 0. The number of nitrogens with one attached hydrogen (secondary N) is 1. The smallest absolute Gasteiger partial charge is 0.410 e. The summed E-state index contributed by atoms with van der Waals surface area (Å²) in [5.74, 6) is 0. The fourth-order valence-corrected chi connectivity index (χ4v) is 1.41. The zero-order valence-electron chi connectivity index (χ0n) is 6.14. The predicted molar refractivity (Wildman–Crippen MR) is 35.2 cm³/mol. The van der Waals surface area contributed by atoms with Gasteiger partial charge in [0, 0.05) is 0 Å². The molecule has 0 aromatic rings. The van der Waals surface area contributed by atoms with Gasteiger partial charge in [0.1, 0.15) is 18.2 Å². The lowest BCUT2D eigenvalue weighted by Gasteiger charge is -2.12. The molecule has 6 heteroatoms. The molecule has 0 saturated carbocycles. The van der Waals surface area contributed by atoms with E-state index in [2.05, 4.69) is 10.1 Å². The molecule has 0 aromatic carbocycles. The molecule has 0 bridgehead atoms. The van der Waals surface area contributed by atoms with E-state index in [1.54, 1.807) is 0 Å². The standard InChI is InChI=1S/C6H9NO5/c8-1-2-4(9)3-5(11-2)12-6(10)7-3/h2-5,8-9H,1H2,(H,7,10)/t2-,3-,4-,5-/m1/s1. The Labute approximate surface area is 68.1 Å². The highest BCUT2D eigenvalue weighted by molar-refractivity contribution is 5.70. The second-order valence-corrected chi connectivity index (χ2v) is 2.79. The summed E-state index contributed by atoms with van der Waals surface area (Å²) >= 11 is 0. The van der Waals surface area contributed by atoms with Crippen molar-refractivity contribution in [2.24, 2.45) is 0 Å². The van der Waals surface area contributed by atoms with E-state index < -0.39 is 30.6 Å². The number of ether oxygens (including phenoxy) is 2. The number of fused-ring (bicyclic) bond motifs is 1. The highest BCUT2D eigenvalue weighted by Crippen LogP contribution is 2.25. The van der Waals surface area contributed by atoms with Crippen LogP contribution in [0.2, 0.25) is 0 Å². The van der Waals surface area contributed by atoms with E-state index in [4.69, 9.17) is 9.84 Å². The molecule has 2 aliphatic heterocycles. The van der Waals surface area contributed by atoms with Crippen LogP contribution in [0.3, 0.4) is 0 Å². The first-order chi connectivity index (χ1) is 5.72. The van der Waals surface area contributed by atoms with Crippen molar-refractivity contribution in [3.8, 4) is 0 Å². The van der Waals surface area contributed by atoms with E-state index in [9.17, 15) is 9.90 Å². The van der Waals surface area contributed by atoms with E-state index in [-0.39, 0.29) is 6.61 Å². The maximum absolute atomic E-state index is 10.6. The Morgan fingerprint density at radius 3 is 2.92 bits per heavy atom. The fourth-order valence-electron chi connectivity index (χ4n) is 1.41. The minimum absolute atomic E-state index is 0.284. The molecule has 12 heavy (non-hydrogen) atoms. The third-order valence-corrected chi connectivity index (χ3v) is 2.04. The Hall–Kier alpha value is -0.850. The van der Waals surface area contributed by atoms with Crippen molar-refractivity contribution < 1.29 is 24.5 Å². The summed E-state index contributed by atoms with van der Waals surface area (Å²) in [5, 5.41) is 20.5. The first kappa shape index (κ1) is 7.78. The van der Waals surface area contributed by atoms with Crippen LogP contribution in [0.4, 0.5) is 4.79 Å². The van der Waals surface area contributed by atoms with Crippen LogP contribution in [0.25, 0.3) is 0 Å². The Balaban J connectivity index is 2.08. The predicted octanol–water partition coefficient (Wildman–Crippen LogP) is -1.83. The Morgan fingerprint density at radius 1 is 1.58 bits per heavy atom. The summed E-state index contributed by atoms with van der Waals surface area (Å²) in [6.07, 6.45) is -2.92. The average Bonchev–Trinajstić information content (AvgIpc) is 2.51. The molecule has 0 spiro atoms. The third-order valence-electron chi connectivity index (χ3n) is 2.04. The van der Waals surface area contributed by atoms with Gasteiger partial charge in [-0.3, -0.25) is 0 Å². The highest BCUT2D eigenvalue weighted by atomic mass is 16.7. The van der Waals surface area contributed by atoms with Crippen molar-refractivity contribution >= 4 is 6.09 Å². The van der Waals surface area contributed by atoms with Gasteiger partial charge >= 0.3 is 6.09 Å². The summed E-state index contributed by atoms with van der Waals surface area (Å²) in [6.45, 7) is -0.284. The highest BCUT2D eigenvalue weighted by Gasteiger charge is 2.50. The first-order valence-electron chi connectivity index (χ1n) is 3.64.